The fourth-order valence-electron chi connectivity index (χ4n) is 4.31. The molecular formula is C28H26N4OS2. The molecule has 7 heteroatoms. The van der Waals surface area contributed by atoms with Crippen LogP contribution in [0, 0.1) is 13.8 Å². The Bertz CT molecular complexity index is 1410. The van der Waals surface area contributed by atoms with Crippen molar-refractivity contribution in [2.75, 3.05) is 11.2 Å². The van der Waals surface area contributed by atoms with E-state index < -0.39 is 0 Å². The summed E-state index contributed by atoms with van der Waals surface area (Å²) in [5.74, 6) is 1.04. The highest BCUT2D eigenvalue weighted by molar-refractivity contribution is 7.98. The van der Waals surface area contributed by atoms with Crippen molar-refractivity contribution in [3.05, 3.63) is 101 Å². The molecule has 0 aliphatic carbocycles. The molecule has 3 aromatic carbocycles. The largest absolute Gasteiger partial charge is 0.351 e. The lowest BCUT2D eigenvalue weighted by atomic mass is 9.94. The molecule has 1 aromatic heterocycles. The van der Waals surface area contributed by atoms with E-state index in [2.05, 4.69) is 98.2 Å². The number of nitrogens with zero attached hydrogens (tertiary/aromatic N) is 3. The number of aromatic nitrogens is 2. The molecule has 4 aromatic rings. The molecule has 1 N–H and O–H groups in total. The van der Waals surface area contributed by atoms with Crippen molar-refractivity contribution in [3.63, 3.8) is 0 Å². The molecule has 5 nitrogen and oxygen atoms in total. The molecule has 5 rings (SSSR count). The normalized spacial score (nSPS) is 15.9. The first-order chi connectivity index (χ1) is 16.9. The van der Waals surface area contributed by atoms with Gasteiger partial charge in [0.2, 0.25) is 5.82 Å². The average molecular weight is 499 g/mol. The summed E-state index contributed by atoms with van der Waals surface area (Å²) in [5, 5.41) is 8.49. The summed E-state index contributed by atoms with van der Waals surface area (Å²) < 4.78 is 5.87. The van der Waals surface area contributed by atoms with E-state index in [1.807, 2.05) is 17.0 Å². The molecule has 0 amide bonds. The average Bonchev–Trinajstić information content (AvgIpc) is 3.35. The van der Waals surface area contributed by atoms with E-state index in [0.29, 0.717) is 16.8 Å². The predicted octanol–water partition coefficient (Wildman–Crippen LogP) is 6.94. The molecule has 176 valence electrons. The van der Waals surface area contributed by atoms with Crippen molar-refractivity contribution in [1.29, 1.82) is 0 Å². The molecule has 0 saturated heterocycles. The summed E-state index contributed by atoms with van der Waals surface area (Å²) in [7, 11) is 0. The Hall–Kier alpha value is -3.42. The van der Waals surface area contributed by atoms with Crippen molar-refractivity contribution in [3.8, 4) is 11.4 Å². The second-order valence-corrected chi connectivity index (χ2v) is 9.88. The maximum Gasteiger partial charge on any atom is 0.258 e. The highest BCUT2D eigenvalue weighted by atomic mass is 32.2. The third-order valence-electron chi connectivity index (χ3n) is 6.16. The Balaban J connectivity index is 1.64. The standard InChI is InChI=1S/C28H26N4OS2/c1-17-8-12-22(13-9-17)32-19(3)24(25(29-28(32)34)20-10-14-23(35-4)15-11-20)27-30-26(31-33-27)21-7-5-6-18(2)16-21/h5-16,25H,1-4H3,(H,29,34). The minimum atomic E-state index is -0.217. The smallest absolute Gasteiger partial charge is 0.258 e. The van der Waals surface area contributed by atoms with Crippen molar-refractivity contribution < 1.29 is 4.52 Å². The number of hydrogen-bond donors (Lipinski definition) is 1. The molecule has 0 radical (unpaired) electrons. The lowest BCUT2D eigenvalue weighted by Crippen LogP contribution is -2.46. The van der Waals surface area contributed by atoms with Gasteiger partial charge in [-0.1, -0.05) is 58.7 Å². The third kappa shape index (κ3) is 4.61. The van der Waals surface area contributed by atoms with Crippen LogP contribution in [0.15, 0.2) is 87.9 Å². The van der Waals surface area contributed by atoms with Crippen LogP contribution in [0.25, 0.3) is 17.0 Å². The number of thiocarbonyl (C=S) groups is 1. The van der Waals surface area contributed by atoms with Crippen LogP contribution in [0.2, 0.25) is 0 Å². The van der Waals surface area contributed by atoms with Crippen LogP contribution in [-0.2, 0) is 0 Å². The number of anilines is 1. The van der Waals surface area contributed by atoms with E-state index in [9.17, 15) is 0 Å². The van der Waals surface area contributed by atoms with E-state index >= 15 is 0 Å². The summed E-state index contributed by atoms with van der Waals surface area (Å²) in [6, 6.07) is 24.7. The second kappa shape index (κ2) is 9.68. The summed E-state index contributed by atoms with van der Waals surface area (Å²) in [6.07, 6.45) is 2.07. The molecule has 35 heavy (non-hydrogen) atoms. The Morgan fingerprint density at radius 3 is 2.37 bits per heavy atom. The first kappa shape index (κ1) is 23.3. The van der Waals surface area contributed by atoms with Crippen molar-refractivity contribution in [2.45, 2.75) is 31.7 Å². The van der Waals surface area contributed by atoms with E-state index in [1.165, 1.54) is 10.5 Å². The van der Waals surface area contributed by atoms with Gasteiger partial charge in [-0.15, -0.1) is 11.8 Å². The minimum Gasteiger partial charge on any atom is -0.351 e. The highest BCUT2D eigenvalue weighted by Gasteiger charge is 2.34. The van der Waals surface area contributed by atoms with Gasteiger partial charge in [0.05, 0.1) is 11.6 Å². The van der Waals surface area contributed by atoms with Crippen LogP contribution in [0.3, 0.4) is 0 Å². The summed E-state index contributed by atoms with van der Waals surface area (Å²) in [5.41, 5.74) is 7.19. The fourth-order valence-corrected chi connectivity index (χ4v) is 5.07. The first-order valence-electron chi connectivity index (χ1n) is 11.4. The monoisotopic (exact) mass is 498 g/mol. The van der Waals surface area contributed by atoms with Crippen molar-refractivity contribution in [2.24, 2.45) is 0 Å². The van der Waals surface area contributed by atoms with E-state index in [-0.39, 0.29) is 6.04 Å². The van der Waals surface area contributed by atoms with Gasteiger partial charge in [0.15, 0.2) is 5.11 Å². The maximum atomic E-state index is 5.87. The number of benzene rings is 3. The molecule has 1 aliphatic heterocycles. The Labute approximate surface area is 215 Å². The van der Waals surface area contributed by atoms with Crippen LogP contribution in [0.1, 0.15) is 35.5 Å². The first-order valence-corrected chi connectivity index (χ1v) is 13.0. The third-order valence-corrected chi connectivity index (χ3v) is 7.20. The van der Waals surface area contributed by atoms with Crippen LogP contribution in [0.4, 0.5) is 5.69 Å². The van der Waals surface area contributed by atoms with Crippen molar-refractivity contribution >= 4 is 40.4 Å². The van der Waals surface area contributed by atoms with E-state index in [0.717, 1.165) is 33.6 Å². The number of allylic oxidation sites excluding steroid dienone is 1. The molecule has 0 spiro atoms. The highest BCUT2D eigenvalue weighted by Crippen LogP contribution is 2.39. The summed E-state index contributed by atoms with van der Waals surface area (Å²) in [4.78, 5) is 8.06. The Kier molecular flexibility index (Phi) is 6.45. The molecule has 0 saturated carbocycles. The molecule has 0 bridgehead atoms. The van der Waals surface area contributed by atoms with Crippen LogP contribution >= 0.6 is 24.0 Å². The van der Waals surface area contributed by atoms with Crippen LogP contribution < -0.4 is 10.2 Å². The molecule has 2 heterocycles. The number of hydrogen-bond acceptors (Lipinski definition) is 5. The quantitative estimate of drug-likeness (QED) is 0.236. The Morgan fingerprint density at radius 2 is 1.69 bits per heavy atom. The SMILES string of the molecule is CSc1ccc(C2NC(=S)N(c3ccc(C)cc3)C(C)=C2c2nc(-c3cccc(C)c3)no2)cc1. The zero-order valence-corrected chi connectivity index (χ0v) is 21.7. The van der Waals surface area contributed by atoms with Gasteiger partial charge in [-0.05, 0) is 75.1 Å². The summed E-state index contributed by atoms with van der Waals surface area (Å²) >= 11 is 7.57. The zero-order valence-electron chi connectivity index (χ0n) is 20.1. The van der Waals surface area contributed by atoms with Gasteiger partial charge in [0.1, 0.15) is 0 Å². The lowest BCUT2D eigenvalue weighted by molar-refractivity contribution is 0.404. The number of nitrogens with one attached hydrogen (secondary N) is 1. The van der Waals surface area contributed by atoms with Gasteiger partial charge in [0, 0.05) is 21.8 Å². The van der Waals surface area contributed by atoms with Crippen molar-refractivity contribution in [1.82, 2.24) is 15.5 Å². The van der Waals surface area contributed by atoms with Crippen LogP contribution in [0.5, 0.6) is 0 Å². The summed E-state index contributed by atoms with van der Waals surface area (Å²) in [6.45, 7) is 6.18. The maximum absolute atomic E-state index is 5.87. The molecular weight excluding hydrogens is 472 g/mol. The van der Waals surface area contributed by atoms with E-state index in [4.69, 9.17) is 21.7 Å². The topological polar surface area (TPSA) is 54.2 Å². The van der Waals surface area contributed by atoms with Gasteiger partial charge >= 0.3 is 0 Å². The van der Waals surface area contributed by atoms with Gasteiger partial charge < -0.3 is 9.84 Å². The van der Waals surface area contributed by atoms with Gasteiger partial charge in [0.25, 0.3) is 5.89 Å². The molecule has 1 aliphatic rings. The van der Waals surface area contributed by atoms with Gasteiger partial charge in [-0.3, -0.25) is 4.90 Å². The van der Waals surface area contributed by atoms with E-state index in [1.54, 1.807) is 11.8 Å². The Morgan fingerprint density at radius 1 is 0.943 bits per heavy atom. The van der Waals surface area contributed by atoms with Gasteiger partial charge in [-0.25, -0.2) is 0 Å². The number of rotatable bonds is 5. The second-order valence-electron chi connectivity index (χ2n) is 8.62. The molecule has 1 atom stereocenters. The lowest BCUT2D eigenvalue weighted by Gasteiger charge is -2.37. The molecule has 0 fully saturated rings. The fraction of sp³-hybridized carbons (Fsp3) is 0.179. The van der Waals surface area contributed by atoms with Crippen LogP contribution in [-0.4, -0.2) is 21.5 Å². The number of thioether (sulfide) groups is 1. The minimum absolute atomic E-state index is 0.217. The predicted molar refractivity (Wildman–Crippen MR) is 147 cm³/mol. The van der Waals surface area contributed by atoms with Gasteiger partial charge in [-0.2, -0.15) is 4.98 Å². The molecule has 1 unspecified atom stereocenters. The number of aryl methyl sites for hydroxylation is 2. The zero-order chi connectivity index (χ0) is 24.5.